The highest BCUT2D eigenvalue weighted by molar-refractivity contribution is 5.92. The van der Waals surface area contributed by atoms with Crippen LogP contribution in [0, 0.1) is 20.2 Å². The number of para-hydroxylation sites is 2. The van der Waals surface area contributed by atoms with Crippen LogP contribution in [0.5, 0.6) is 17.2 Å². The van der Waals surface area contributed by atoms with Crippen LogP contribution >= 0.6 is 0 Å². The maximum atomic E-state index is 12.3. The summed E-state index contributed by atoms with van der Waals surface area (Å²) in [4.78, 5) is 44.8. The van der Waals surface area contributed by atoms with Crippen LogP contribution in [0.3, 0.4) is 0 Å². The number of hydrazone groups is 1. The Hall–Kier alpha value is -5.33. The van der Waals surface area contributed by atoms with Gasteiger partial charge < -0.3 is 14.2 Å². The van der Waals surface area contributed by atoms with Gasteiger partial charge in [0, 0.05) is 18.2 Å². The maximum Gasteiger partial charge on any atom is 0.343 e. The van der Waals surface area contributed by atoms with Gasteiger partial charge in [0.05, 0.1) is 28.7 Å². The van der Waals surface area contributed by atoms with Crippen molar-refractivity contribution in [1.82, 2.24) is 5.43 Å². The van der Waals surface area contributed by atoms with E-state index in [2.05, 4.69) is 10.5 Å². The third-order valence-electron chi connectivity index (χ3n) is 4.53. The smallest absolute Gasteiger partial charge is 0.343 e. The molecule has 0 spiro atoms. The van der Waals surface area contributed by atoms with E-state index in [-0.39, 0.29) is 34.2 Å². The number of benzene rings is 3. The number of rotatable bonds is 10. The molecule has 0 saturated carbocycles. The Morgan fingerprint density at radius 1 is 0.944 bits per heavy atom. The fraction of sp³-hybridized carbons (Fsp3) is 0.0870. The number of carbonyl (C=O) groups is 2. The number of nitro benzene ring substituents is 2. The lowest BCUT2D eigenvalue weighted by Gasteiger charge is -2.10. The van der Waals surface area contributed by atoms with E-state index < -0.39 is 28.3 Å². The highest BCUT2D eigenvalue weighted by Crippen LogP contribution is 2.29. The molecule has 3 aromatic carbocycles. The quantitative estimate of drug-likeness (QED) is 0.146. The van der Waals surface area contributed by atoms with Crippen LogP contribution in [0.15, 0.2) is 71.8 Å². The van der Waals surface area contributed by atoms with E-state index in [0.717, 1.165) is 0 Å². The lowest BCUT2D eigenvalue weighted by molar-refractivity contribution is -0.385. The molecule has 0 heterocycles. The predicted octanol–water partition coefficient (Wildman–Crippen LogP) is 3.26. The van der Waals surface area contributed by atoms with Gasteiger partial charge in [0.1, 0.15) is 0 Å². The van der Waals surface area contributed by atoms with Gasteiger partial charge in [0.2, 0.25) is 0 Å². The molecular weight excluding hydrogens is 476 g/mol. The summed E-state index contributed by atoms with van der Waals surface area (Å²) < 4.78 is 15.7. The van der Waals surface area contributed by atoms with E-state index in [1.54, 1.807) is 12.1 Å². The second kappa shape index (κ2) is 11.7. The van der Waals surface area contributed by atoms with Crippen molar-refractivity contribution in [2.24, 2.45) is 5.10 Å². The Balaban J connectivity index is 1.58. The number of nitrogens with one attached hydrogen (secondary N) is 1. The third kappa shape index (κ3) is 6.60. The second-order valence-electron chi connectivity index (χ2n) is 6.91. The minimum Gasteiger partial charge on any atom is -0.493 e. The fourth-order valence-corrected chi connectivity index (χ4v) is 2.81. The molecule has 0 aromatic heterocycles. The molecule has 0 aliphatic heterocycles. The number of non-ortho nitro benzene ring substituents is 1. The van der Waals surface area contributed by atoms with Crippen LogP contribution in [0.4, 0.5) is 11.4 Å². The number of nitrogens with zero attached hydrogens (tertiary/aromatic N) is 3. The van der Waals surface area contributed by atoms with E-state index >= 15 is 0 Å². The van der Waals surface area contributed by atoms with Gasteiger partial charge in [-0.2, -0.15) is 5.10 Å². The average Bonchev–Trinajstić information content (AvgIpc) is 2.88. The molecule has 0 unspecified atom stereocenters. The van der Waals surface area contributed by atoms with Crippen molar-refractivity contribution in [3.05, 3.63) is 98.1 Å². The molecule has 13 heteroatoms. The predicted molar refractivity (Wildman–Crippen MR) is 125 cm³/mol. The summed E-state index contributed by atoms with van der Waals surface area (Å²) in [6, 6.07) is 15.1. The van der Waals surface area contributed by atoms with Crippen LogP contribution in [0.2, 0.25) is 0 Å². The minimum absolute atomic E-state index is 0.0507. The Morgan fingerprint density at radius 3 is 2.33 bits per heavy atom. The van der Waals surface area contributed by atoms with Crippen molar-refractivity contribution >= 4 is 29.5 Å². The van der Waals surface area contributed by atoms with Crippen LogP contribution in [0.25, 0.3) is 0 Å². The summed E-state index contributed by atoms with van der Waals surface area (Å²) in [5.41, 5.74) is 2.40. The number of hydrogen-bond acceptors (Lipinski definition) is 10. The number of nitro groups is 2. The van der Waals surface area contributed by atoms with Gasteiger partial charge in [-0.15, -0.1) is 0 Å². The highest BCUT2D eigenvalue weighted by Gasteiger charge is 2.16. The molecule has 0 aliphatic carbocycles. The molecule has 3 aromatic rings. The third-order valence-corrected chi connectivity index (χ3v) is 4.53. The van der Waals surface area contributed by atoms with Crippen LogP contribution in [-0.2, 0) is 4.79 Å². The topological polar surface area (TPSA) is 172 Å². The summed E-state index contributed by atoms with van der Waals surface area (Å²) in [7, 11) is 1.36. The summed E-state index contributed by atoms with van der Waals surface area (Å²) in [5.74, 6) is -1.15. The molecule has 0 saturated heterocycles. The molecule has 1 amide bonds. The van der Waals surface area contributed by atoms with Gasteiger partial charge >= 0.3 is 11.7 Å². The molecule has 0 aliphatic rings. The van der Waals surface area contributed by atoms with E-state index in [9.17, 15) is 29.8 Å². The zero-order chi connectivity index (χ0) is 26.1. The van der Waals surface area contributed by atoms with Crippen molar-refractivity contribution in [3.8, 4) is 17.2 Å². The van der Waals surface area contributed by atoms with Crippen molar-refractivity contribution < 1.29 is 33.6 Å². The SMILES string of the molecule is COc1cc(/C=N\NC(=O)COc2ccccc2[N+](=O)[O-])ccc1OC(=O)c1ccc([N+](=O)[O-])cc1. The van der Waals surface area contributed by atoms with Crippen molar-refractivity contribution in [3.63, 3.8) is 0 Å². The van der Waals surface area contributed by atoms with Crippen LogP contribution in [-0.4, -0.2) is 41.7 Å². The van der Waals surface area contributed by atoms with E-state index in [1.807, 2.05) is 0 Å². The Kier molecular flexibility index (Phi) is 8.22. The molecule has 184 valence electrons. The summed E-state index contributed by atoms with van der Waals surface area (Å²) >= 11 is 0. The molecule has 36 heavy (non-hydrogen) atoms. The Bertz CT molecular complexity index is 1320. The molecular formula is C23H18N4O9. The molecule has 0 bridgehead atoms. The average molecular weight is 494 g/mol. The number of ether oxygens (including phenoxy) is 3. The highest BCUT2D eigenvalue weighted by atomic mass is 16.6. The lowest BCUT2D eigenvalue weighted by Crippen LogP contribution is -2.24. The van der Waals surface area contributed by atoms with Crippen molar-refractivity contribution in [1.29, 1.82) is 0 Å². The van der Waals surface area contributed by atoms with Gasteiger partial charge in [0.15, 0.2) is 23.9 Å². The van der Waals surface area contributed by atoms with Gasteiger partial charge in [0.25, 0.3) is 11.6 Å². The molecule has 0 fully saturated rings. The fourth-order valence-electron chi connectivity index (χ4n) is 2.81. The Morgan fingerprint density at radius 2 is 1.67 bits per heavy atom. The number of amides is 1. The maximum absolute atomic E-state index is 12.3. The first-order valence-electron chi connectivity index (χ1n) is 10.1. The standard InChI is InChI=1S/C23H18N4O9/c1-34-21-12-15(6-11-20(21)36-23(29)16-7-9-17(10-8-16)26(30)31)13-24-25-22(28)14-35-19-5-3-2-4-18(19)27(32)33/h2-13H,14H2,1H3,(H,25,28)/b24-13-. The first-order chi connectivity index (χ1) is 17.3. The van der Waals surface area contributed by atoms with Crippen molar-refractivity contribution in [2.75, 3.05) is 13.7 Å². The molecule has 13 nitrogen and oxygen atoms in total. The lowest BCUT2D eigenvalue weighted by atomic mass is 10.2. The van der Waals surface area contributed by atoms with E-state index in [4.69, 9.17) is 14.2 Å². The van der Waals surface area contributed by atoms with E-state index in [0.29, 0.717) is 5.56 Å². The Labute approximate surface area is 203 Å². The van der Waals surface area contributed by atoms with Gasteiger partial charge in [-0.3, -0.25) is 25.0 Å². The summed E-state index contributed by atoms with van der Waals surface area (Å²) in [6.45, 7) is -0.497. The molecule has 1 N–H and O–H groups in total. The summed E-state index contributed by atoms with van der Waals surface area (Å²) in [6.07, 6.45) is 1.30. The normalized spacial score (nSPS) is 10.5. The monoisotopic (exact) mass is 494 g/mol. The largest absolute Gasteiger partial charge is 0.493 e. The first-order valence-corrected chi connectivity index (χ1v) is 10.1. The zero-order valence-electron chi connectivity index (χ0n) is 18.7. The number of hydrogen-bond donors (Lipinski definition) is 1. The molecule has 0 atom stereocenters. The number of esters is 1. The minimum atomic E-state index is -0.740. The first kappa shape index (κ1) is 25.3. The van der Waals surface area contributed by atoms with Gasteiger partial charge in [-0.05, 0) is 42.0 Å². The van der Waals surface area contributed by atoms with Crippen molar-refractivity contribution in [2.45, 2.75) is 0 Å². The summed E-state index contributed by atoms with van der Waals surface area (Å²) in [5, 5.41) is 25.5. The number of carbonyl (C=O) groups excluding carboxylic acids is 2. The molecule has 3 rings (SSSR count). The molecule has 0 radical (unpaired) electrons. The van der Waals surface area contributed by atoms with Crippen LogP contribution < -0.4 is 19.6 Å². The number of methoxy groups -OCH3 is 1. The van der Waals surface area contributed by atoms with Gasteiger partial charge in [-0.25, -0.2) is 10.2 Å². The second-order valence-corrected chi connectivity index (χ2v) is 6.91. The van der Waals surface area contributed by atoms with Crippen LogP contribution in [0.1, 0.15) is 15.9 Å². The zero-order valence-corrected chi connectivity index (χ0v) is 18.7. The van der Waals surface area contributed by atoms with Gasteiger partial charge in [-0.1, -0.05) is 12.1 Å². The van der Waals surface area contributed by atoms with E-state index in [1.165, 1.54) is 67.9 Å².